The van der Waals surface area contributed by atoms with Crippen LogP contribution in [0.25, 0.3) is 0 Å². The maximum atomic E-state index is 11.4. The number of nitrogens with one attached hydrogen (secondary N) is 1. The molecule has 0 saturated carbocycles. The van der Waals surface area contributed by atoms with Crippen LogP contribution in [0, 0.1) is 18.3 Å². The highest BCUT2D eigenvalue weighted by Crippen LogP contribution is 2.17. The van der Waals surface area contributed by atoms with Crippen molar-refractivity contribution < 1.29 is 9.53 Å². The molecule has 0 aromatic carbocycles. The van der Waals surface area contributed by atoms with Crippen LogP contribution in [0.4, 0.5) is 0 Å². The summed E-state index contributed by atoms with van der Waals surface area (Å²) in [6.07, 6.45) is 0.892. The molecule has 0 unspecified atom stereocenters. The van der Waals surface area contributed by atoms with E-state index >= 15 is 0 Å². The minimum absolute atomic E-state index is 0.0895. The highest BCUT2D eigenvalue weighted by Gasteiger charge is 2.08. The molecule has 6 heteroatoms. The van der Waals surface area contributed by atoms with Crippen molar-refractivity contribution in [2.45, 2.75) is 19.8 Å². The molecule has 1 heterocycles. The largest absolute Gasteiger partial charge is 0.482 e. The van der Waals surface area contributed by atoms with Crippen molar-refractivity contribution in [1.29, 1.82) is 5.26 Å². The summed E-state index contributed by atoms with van der Waals surface area (Å²) in [5.74, 6) is 0.320. The van der Waals surface area contributed by atoms with Gasteiger partial charge in [0.25, 0.3) is 5.91 Å². The molecule has 3 N–H and O–H groups in total. The van der Waals surface area contributed by atoms with E-state index in [4.69, 9.17) is 15.7 Å². The predicted molar refractivity (Wildman–Crippen MR) is 70.5 cm³/mol. The minimum Gasteiger partial charge on any atom is -0.482 e. The van der Waals surface area contributed by atoms with Crippen LogP contribution in [0.15, 0.2) is 12.1 Å². The van der Waals surface area contributed by atoms with Crippen LogP contribution < -0.4 is 15.8 Å². The minimum atomic E-state index is -0.255. The monoisotopic (exact) mass is 262 g/mol. The van der Waals surface area contributed by atoms with E-state index in [0.29, 0.717) is 25.3 Å². The lowest BCUT2D eigenvalue weighted by molar-refractivity contribution is -0.123. The summed E-state index contributed by atoms with van der Waals surface area (Å²) in [7, 11) is 0. The molecule has 0 aliphatic rings. The molecule has 1 rings (SSSR count). The van der Waals surface area contributed by atoms with Crippen LogP contribution >= 0.6 is 0 Å². The fourth-order valence-electron chi connectivity index (χ4n) is 1.50. The number of ether oxygens (including phenoxy) is 1. The Hall–Kier alpha value is -2.13. The van der Waals surface area contributed by atoms with Gasteiger partial charge in [0.1, 0.15) is 5.75 Å². The van der Waals surface area contributed by atoms with Crippen molar-refractivity contribution in [3.8, 4) is 11.8 Å². The zero-order chi connectivity index (χ0) is 14.1. The first-order valence-electron chi connectivity index (χ1n) is 6.10. The van der Waals surface area contributed by atoms with Crippen molar-refractivity contribution >= 4 is 5.91 Å². The summed E-state index contributed by atoms with van der Waals surface area (Å²) in [6.45, 7) is 2.60. The number of nitriles is 1. The van der Waals surface area contributed by atoms with E-state index in [-0.39, 0.29) is 18.9 Å². The number of aryl methyl sites for hydroxylation is 1. The lowest BCUT2D eigenvalue weighted by Crippen LogP contribution is -2.29. The van der Waals surface area contributed by atoms with Gasteiger partial charge in [-0.1, -0.05) is 0 Å². The zero-order valence-corrected chi connectivity index (χ0v) is 11.0. The molecule has 19 heavy (non-hydrogen) atoms. The smallest absolute Gasteiger partial charge is 0.257 e. The van der Waals surface area contributed by atoms with Crippen molar-refractivity contribution in [2.75, 3.05) is 19.7 Å². The number of carbonyl (C=O) groups is 1. The molecule has 0 saturated heterocycles. The second-order valence-corrected chi connectivity index (χ2v) is 3.98. The number of amides is 1. The van der Waals surface area contributed by atoms with Crippen molar-refractivity contribution in [2.24, 2.45) is 5.73 Å². The standard InChI is InChI=1S/C13H18N4O2/c1-10-3-4-12(11(17-10)5-7-15)19-9-13(18)16-8-2-6-14/h3-4H,2,5,7-9,15H2,1H3,(H,16,18). The van der Waals surface area contributed by atoms with Gasteiger partial charge in [-0.3, -0.25) is 9.78 Å². The second-order valence-electron chi connectivity index (χ2n) is 3.98. The van der Waals surface area contributed by atoms with Crippen LogP contribution in [-0.4, -0.2) is 30.6 Å². The highest BCUT2D eigenvalue weighted by atomic mass is 16.5. The summed E-state index contributed by atoms with van der Waals surface area (Å²) < 4.78 is 5.42. The molecule has 1 amide bonds. The van der Waals surface area contributed by atoms with Gasteiger partial charge in [0.2, 0.25) is 0 Å². The average Bonchev–Trinajstić information content (AvgIpc) is 2.38. The van der Waals surface area contributed by atoms with Gasteiger partial charge < -0.3 is 15.8 Å². The maximum Gasteiger partial charge on any atom is 0.257 e. The van der Waals surface area contributed by atoms with E-state index in [0.717, 1.165) is 11.4 Å². The van der Waals surface area contributed by atoms with E-state index in [1.54, 1.807) is 6.07 Å². The normalized spacial score (nSPS) is 9.74. The Labute approximate surface area is 112 Å². The molecule has 0 radical (unpaired) electrons. The van der Waals surface area contributed by atoms with Gasteiger partial charge in [0.15, 0.2) is 6.61 Å². The van der Waals surface area contributed by atoms with Gasteiger partial charge in [-0.05, 0) is 25.6 Å². The summed E-state index contributed by atoms with van der Waals surface area (Å²) >= 11 is 0. The van der Waals surface area contributed by atoms with Crippen LogP contribution in [0.1, 0.15) is 17.8 Å². The number of rotatable bonds is 7. The number of hydrogen-bond donors (Lipinski definition) is 2. The Balaban J connectivity index is 2.52. The van der Waals surface area contributed by atoms with Crippen LogP contribution in [0.2, 0.25) is 0 Å². The van der Waals surface area contributed by atoms with Gasteiger partial charge in [0, 0.05) is 18.7 Å². The molecule has 0 bridgehead atoms. The lowest BCUT2D eigenvalue weighted by atomic mass is 10.2. The first-order valence-corrected chi connectivity index (χ1v) is 6.10. The molecule has 0 spiro atoms. The number of pyridine rings is 1. The molecule has 0 aliphatic carbocycles. The molecule has 0 atom stereocenters. The average molecular weight is 262 g/mol. The molecular formula is C13H18N4O2. The first-order chi connectivity index (χ1) is 9.17. The third-order valence-electron chi connectivity index (χ3n) is 2.37. The molecule has 1 aromatic heterocycles. The van der Waals surface area contributed by atoms with Crippen LogP contribution in [-0.2, 0) is 11.2 Å². The molecule has 0 aliphatic heterocycles. The predicted octanol–water partition coefficient (Wildman–Crippen LogP) is 0.300. The third-order valence-corrected chi connectivity index (χ3v) is 2.37. The third kappa shape index (κ3) is 5.36. The Bertz CT molecular complexity index is 468. The molecule has 1 aromatic rings. The van der Waals surface area contributed by atoms with Crippen molar-refractivity contribution in [3.05, 3.63) is 23.5 Å². The van der Waals surface area contributed by atoms with Crippen LogP contribution in [0.5, 0.6) is 5.75 Å². The van der Waals surface area contributed by atoms with E-state index in [9.17, 15) is 4.79 Å². The zero-order valence-electron chi connectivity index (χ0n) is 11.0. The summed E-state index contributed by atoms with van der Waals surface area (Å²) in [6, 6.07) is 5.56. The number of nitrogens with zero attached hydrogens (tertiary/aromatic N) is 2. The molecule has 0 fully saturated rings. The number of aromatic nitrogens is 1. The molecular weight excluding hydrogens is 244 g/mol. The number of hydrogen-bond acceptors (Lipinski definition) is 5. The number of nitrogens with two attached hydrogens (primary N) is 1. The van der Waals surface area contributed by atoms with Gasteiger partial charge in [0.05, 0.1) is 18.2 Å². The Morgan fingerprint density at radius 1 is 1.58 bits per heavy atom. The van der Waals surface area contributed by atoms with Gasteiger partial charge in [-0.2, -0.15) is 5.26 Å². The van der Waals surface area contributed by atoms with Crippen molar-refractivity contribution in [1.82, 2.24) is 10.3 Å². The summed E-state index contributed by atoms with van der Waals surface area (Å²) in [5.41, 5.74) is 7.15. The molecule has 6 nitrogen and oxygen atoms in total. The Kier molecular flexibility index (Phi) is 6.33. The first kappa shape index (κ1) is 14.9. The van der Waals surface area contributed by atoms with E-state index < -0.39 is 0 Å². The Morgan fingerprint density at radius 3 is 3.05 bits per heavy atom. The SMILES string of the molecule is Cc1ccc(OCC(=O)NCCC#N)c(CCN)n1. The van der Waals surface area contributed by atoms with E-state index in [2.05, 4.69) is 10.3 Å². The lowest BCUT2D eigenvalue weighted by Gasteiger charge is -2.10. The quantitative estimate of drug-likeness (QED) is 0.688. The van der Waals surface area contributed by atoms with E-state index in [1.807, 2.05) is 19.1 Å². The van der Waals surface area contributed by atoms with Crippen LogP contribution in [0.3, 0.4) is 0 Å². The van der Waals surface area contributed by atoms with Gasteiger partial charge in [-0.15, -0.1) is 0 Å². The van der Waals surface area contributed by atoms with E-state index in [1.165, 1.54) is 0 Å². The highest BCUT2D eigenvalue weighted by molar-refractivity contribution is 5.77. The van der Waals surface area contributed by atoms with Crippen molar-refractivity contribution in [3.63, 3.8) is 0 Å². The van der Waals surface area contributed by atoms with Gasteiger partial charge >= 0.3 is 0 Å². The summed E-state index contributed by atoms with van der Waals surface area (Å²) in [5, 5.41) is 10.9. The Morgan fingerprint density at radius 2 is 2.37 bits per heavy atom. The topological polar surface area (TPSA) is 101 Å². The fourth-order valence-corrected chi connectivity index (χ4v) is 1.50. The molecule has 102 valence electrons. The second kappa shape index (κ2) is 8.06. The number of carbonyl (C=O) groups excluding carboxylic acids is 1. The summed E-state index contributed by atoms with van der Waals surface area (Å²) in [4.78, 5) is 15.8. The fraction of sp³-hybridized carbons (Fsp3) is 0.462. The van der Waals surface area contributed by atoms with Gasteiger partial charge in [-0.25, -0.2) is 0 Å². The maximum absolute atomic E-state index is 11.4.